The van der Waals surface area contributed by atoms with E-state index in [9.17, 15) is 0 Å². The fourth-order valence-corrected chi connectivity index (χ4v) is 3.87. The van der Waals surface area contributed by atoms with Crippen molar-refractivity contribution < 1.29 is 19.8 Å². The molecule has 0 saturated carbocycles. The number of carboxylic acids is 2. The Morgan fingerprint density at radius 1 is 1.03 bits per heavy atom. The van der Waals surface area contributed by atoms with Crippen molar-refractivity contribution in [1.82, 2.24) is 9.47 Å². The SMILES string of the molecule is Cc1c(-c2ccccc2)c2cc(Cl)ccc2n1C1=CCN(C)CC1.O=C(O)C(=O)O. The standard InChI is InChI=1S/C21H21ClN2.C2H2O4/c1-15-21(16-6-4-3-5-7-16)19-14-17(22)8-9-20(19)24(15)18-10-12-23(2)13-11-18;3-1(4)2(5)6/h3-10,14H,11-13H2,1-2H3;(H,3,4)(H,5,6). The second kappa shape index (κ2) is 9.15. The number of aromatic nitrogens is 1. The molecule has 7 heteroatoms. The van der Waals surface area contributed by atoms with Crippen LogP contribution in [0.25, 0.3) is 27.7 Å². The molecule has 30 heavy (non-hydrogen) atoms. The molecule has 156 valence electrons. The highest BCUT2D eigenvalue weighted by Gasteiger charge is 2.19. The first-order chi connectivity index (χ1) is 14.3. The molecular weight excluding hydrogens is 404 g/mol. The summed E-state index contributed by atoms with van der Waals surface area (Å²) in [6, 6.07) is 16.8. The van der Waals surface area contributed by atoms with Gasteiger partial charge in [0.05, 0.1) is 5.52 Å². The normalized spacial score (nSPS) is 14.0. The summed E-state index contributed by atoms with van der Waals surface area (Å²) < 4.78 is 2.42. The van der Waals surface area contributed by atoms with Crippen molar-refractivity contribution in [1.29, 1.82) is 0 Å². The van der Waals surface area contributed by atoms with Crippen LogP contribution in [-0.4, -0.2) is 51.8 Å². The van der Waals surface area contributed by atoms with E-state index in [1.807, 2.05) is 6.07 Å². The van der Waals surface area contributed by atoms with Gasteiger partial charge in [0, 0.05) is 46.9 Å². The van der Waals surface area contributed by atoms with Crippen molar-refractivity contribution in [2.75, 3.05) is 20.1 Å². The van der Waals surface area contributed by atoms with Crippen molar-refractivity contribution in [2.24, 2.45) is 0 Å². The molecule has 0 bridgehead atoms. The fourth-order valence-electron chi connectivity index (χ4n) is 3.69. The first kappa shape index (κ1) is 21.6. The van der Waals surface area contributed by atoms with Gasteiger partial charge in [0.1, 0.15) is 0 Å². The summed E-state index contributed by atoms with van der Waals surface area (Å²) >= 11 is 6.31. The van der Waals surface area contributed by atoms with E-state index in [-0.39, 0.29) is 0 Å². The van der Waals surface area contributed by atoms with E-state index in [2.05, 4.69) is 72.0 Å². The average molecular weight is 427 g/mol. The molecule has 0 amide bonds. The topological polar surface area (TPSA) is 82.8 Å². The molecule has 2 N–H and O–H groups in total. The Bertz CT molecular complexity index is 1110. The van der Waals surface area contributed by atoms with Crippen LogP contribution in [0.15, 0.2) is 54.6 Å². The van der Waals surface area contributed by atoms with Crippen LogP contribution in [0.1, 0.15) is 12.1 Å². The Hall–Kier alpha value is -3.09. The molecule has 0 unspecified atom stereocenters. The molecule has 0 fully saturated rings. The van der Waals surface area contributed by atoms with Crippen LogP contribution in [0, 0.1) is 6.92 Å². The zero-order valence-electron chi connectivity index (χ0n) is 16.8. The van der Waals surface area contributed by atoms with Crippen LogP contribution in [0.2, 0.25) is 5.02 Å². The van der Waals surface area contributed by atoms with Crippen molar-refractivity contribution in [3.63, 3.8) is 0 Å². The third-order valence-corrected chi connectivity index (χ3v) is 5.32. The predicted octanol–water partition coefficient (Wildman–Crippen LogP) is 4.60. The van der Waals surface area contributed by atoms with E-state index >= 15 is 0 Å². The third-order valence-electron chi connectivity index (χ3n) is 5.09. The molecule has 0 radical (unpaired) electrons. The second-order valence-corrected chi connectivity index (χ2v) is 7.58. The lowest BCUT2D eigenvalue weighted by molar-refractivity contribution is -0.159. The van der Waals surface area contributed by atoms with Gasteiger partial charge in [-0.3, -0.25) is 0 Å². The third kappa shape index (κ3) is 4.56. The predicted molar refractivity (Wildman–Crippen MR) is 119 cm³/mol. The largest absolute Gasteiger partial charge is 0.473 e. The van der Waals surface area contributed by atoms with Gasteiger partial charge in [-0.15, -0.1) is 0 Å². The minimum atomic E-state index is -1.82. The van der Waals surface area contributed by atoms with E-state index in [4.69, 9.17) is 31.4 Å². The fraction of sp³-hybridized carbons (Fsp3) is 0.217. The molecule has 1 aliphatic heterocycles. The minimum Gasteiger partial charge on any atom is -0.473 e. The Morgan fingerprint density at radius 3 is 2.27 bits per heavy atom. The molecule has 0 aliphatic carbocycles. The molecule has 0 atom stereocenters. The minimum absolute atomic E-state index is 0.786. The summed E-state index contributed by atoms with van der Waals surface area (Å²) in [5, 5.41) is 16.8. The maximum Gasteiger partial charge on any atom is 0.414 e. The van der Waals surface area contributed by atoms with Gasteiger partial charge in [0.25, 0.3) is 0 Å². The van der Waals surface area contributed by atoms with E-state index in [1.54, 1.807) is 0 Å². The Kier molecular flexibility index (Phi) is 6.59. The number of carbonyl (C=O) groups is 2. The summed E-state index contributed by atoms with van der Waals surface area (Å²) in [7, 11) is 2.17. The van der Waals surface area contributed by atoms with Gasteiger partial charge < -0.3 is 19.7 Å². The van der Waals surface area contributed by atoms with Gasteiger partial charge in [-0.1, -0.05) is 48.0 Å². The summed E-state index contributed by atoms with van der Waals surface area (Å²) in [6.45, 7) is 4.32. The number of carboxylic acid groups (broad SMARTS) is 2. The zero-order valence-corrected chi connectivity index (χ0v) is 17.6. The maximum absolute atomic E-state index is 9.10. The van der Waals surface area contributed by atoms with Crippen LogP contribution in [0.3, 0.4) is 0 Å². The second-order valence-electron chi connectivity index (χ2n) is 7.14. The van der Waals surface area contributed by atoms with E-state index in [0.29, 0.717) is 0 Å². The smallest absolute Gasteiger partial charge is 0.414 e. The number of likely N-dealkylation sites (N-methyl/N-ethyl adjacent to an activating group) is 1. The van der Waals surface area contributed by atoms with Crippen molar-refractivity contribution in [3.05, 3.63) is 65.3 Å². The average Bonchev–Trinajstić information content (AvgIpc) is 3.00. The van der Waals surface area contributed by atoms with Gasteiger partial charge >= 0.3 is 11.9 Å². The number of halogens is 1. The Balaban J connectivity index is 0.000000377. The molecule has 0 spiro atoms. The van der Waals surface area contributed by atoms with Crippen molar-refractivity contribution in [3.8, 4) is 11.1 Å². The number of aliphatic carboxylic acids is 2. The van der Waals surface area contributed by atoms with Crippen LogP contribution in [-0.2, 0) is 9.59 Å². The van der Waals surface area contributed by atoms with Gasteiger partial charge in [-0.2, -0.15) is 0 Å². The summed E-state index contributed by atoms with van der Waals surface area (Å²) in [4.78, 5) is 20.5. The Labute approximate surface area is 179 Å². The number of fused-ring (bicyclic) bond motifs is 1. The monoisotopic (exact) mass is 426 g/mol. The zero-order chi connectivity index (χ0) is 21.8. The van der Waals surface area contributed by atoms with Crippen LogP contribution in [0.4, 0.5) is 0 Å². The van der Waals surface area contributed by atoms with E-state index < -0.39 is 11.9 Å². The molecular formula is C23H23ClN2O4. The molecule has 0 saturated heterocycles. The molecule has 1 aromatic heterocycles. The number of hydrogen-bond donors (Lipinski definition) is 2. The summed E-state index contributed by atoms with van der Waals surface area (Å²) in [6.07, 6.45) is 3.41. The molecule has 2 aromatic carbocycles. The van der Waals surface area contributed by atoms with Gasteiger partial charge in [0.2, 0.25) is 0 Å². The highest BCUT2D eigenvalue weighted by Crippen LogP contribution is 2.38. The molecule has 3 aromatic rings. The lowest BCUT2D eigenvalue weighted by Crippen LogP contribution is -2.25. The highest BCUT2D eigenvalue weighted by molar-refractivity contribution is 6.31. The first-order valence-electron chi connectivity index (χ1n) is 9.49. The van der Waals surface area contributed by atoms with Crippen LogP contribution >= 0.6 is 11.6 Å². The quantitative estimate of drug-likeness (QED) is 0.585. The number of nitrogens with zero attached hydrogens (tertiary/aromatic N) is 2. The van der Waals surface area contributed by atoms with Gasteiger partial charge in [0.15, 0.2) is 0 Å². The lowest BCUT2D eigenvalue weighted by atomic mass is 10.0. The van der Waals surface area contributed by atoms with E-state index in [1.165, 1.54) is 33.4 Å². The highest BCUT2D eigenvalue weighted by atomic mass is 35.5. The molecule has 1 aliphatic rings. The Morgan fingerprint density at radius 2 is 1.70 bits per heavy atom. The molecule has 4 rings (SSSR count). The molecule has 6 nitrogen and oxygen atoms in total. The van der Waals surface area contributed by atoms with Gasteiger partial charge in [-0.25, -0.2) is 9.59 Å². The number of hydrogen-bond acceptors (Lipinski definition) is 3. The van der Waals surface area contributed by atoms with E-state index in [0.717, 1.165) is 24.5 Å². The number of benzene rings is 2. The first-order valence-corrected chi connectivity index (χ1v) is 9.87. The number of rotatable bonds is 2. The van der Waals surface area contributed by atoms with Gasteiger partial charge in [-0.05, 0) is 37.7 Å². The lowest BCUT2D eigenvalue weighted by Gasteiger charge is -2.24. The summed E-state index contributed by atoms with van der Waals surface area (Å²) in [5.74, 6) is -3.65. The summed E-state index contributed by atoms with van der Waals surface area (Å²) in [5.41, 5.74) is 6.45. The van der Waals surface area contributed by atoms with Crippen LogP contribution < -0.4 is 0 Å². The van der Waals surface area contributed by atoms with Crippen molar-refractivity contribution in [2.45, 2.75) is 13.3 Å². The molecule has 2 heterocycles. The van der Waals surface area contributed by atoms with Crippen LogP contribution in [0.5, 0.6) is 0 Å². The van der Waals surface area contributed by atoms with Crippen molar-refractivity contribution >= 4 is 40.1 Å². The maximum atomic E-state index is 9.10.